The monoisotopic (exact) mass is 268 g/mol. The normalized spacial score (nSPS) is 24.2. The average molecular weight is 269 g/mol. The van der Waals surface area contributed by atoms with E-state index in [0.29, 0.717) is 5.02 Å². The third-order valence-corrected chi connectivity index (χ3v) is 4.62. The lowest BCUT2D eigenvalue weighted by molar-refractivity contribution is 0.258. The van der Waals surface area contributed by atoms with Gasteiger partial charge < -0.3 is 0 Å². The highest BCUT2D eigenvalue weighted by molar-refractivity contribution is 6.30. The predicted molar refractivity (Wildman–Crippen MR) is 75.5 cm³/mol. The van der Waals surface area contributed by atoms with Crippen molar-refractivity contribution < 1.29 is 4.39 Å². The van der Waals surface area contributed by atoms with Crippen molar-refractivity contribution in [2.75, 3.05) is 0 Å². The second kappa shape index (κ2) is 6.56. The molecule has 1 aromatic carbocycles. The largest absolute Gasteiger partial charge is 0.207 e. The molecule has 0 bridgehead atoms. The molecule has 18 heavy (non-hydrogen) atoms. The fourth-order valence-electron chi connectivity index (χ4n) is 3.01. The van der Waals surface area contributed by atoms with Crippen molar-refractivity contribution >= 4 is 11.6 Å². The Bertz CT molecular complexity index is 381. The number of hydrogen-bond acceptors (Lipinski definition) is 0. The molecule has 0 nitrogen and oxygen atoms in total. The van der Waals surface area contributed by atoms with Gasteiger partial charge in [-0.1, -0.05) is 56.7 Å². The second-order valence-corrected chi connectivity index (χ2v) is 6.01. The summed E-state index contributed by atoms with van der Waals surface area (Å²) in [6.45, 7) is 2.29. The van der Waals surface area contributed by atoms with E-state index >= 15 is 0 Å². The molecule has 1 aliphatic rings. The van der Waals surface area contributed by atoms with Gasteiger partial charge >= 0.3 is 0 Å². The summed E-state index contributed by atoms with van der Waals surface area (Å²) in [5.74, 6) is 1.58. The third-order valence-electron chi connectivity index (χ3n) is 4.38. The summed E-state index contributed by atoms with van der Waals surface area (Å²) in [6.07, 6.45) is 8.67. The minimum absolute atomic E-state index is 0.148. The molecule has 1 fully saturated rings. The van der Waals surface area contributed by atoms with Crippen molar-refractivity contribution in [1.29, 1.82) is 0 Å². The van der Waals surface area contributed by atoms with Crippen LogP contribution in [-0.4, -0.2) is 0 Å². The van der Waals surface area contributed by atoms with Crippen LogP contribution in [-0.2, 0) is 6.42 Å². The van der Waals surface area contributed by atoms with Crippen molar-refractivity contribution in [3.63, 3.8) is 0 Å². The maximum absolute atomic E-state index is 13.6. The molecule has 0 unspecified atom stereocenters. The highest BCUT2D eigenvalue weighted by Crippen LogP contribution is 2.33. The van der Waals surface area contributed by atoms with E-state index in [1.807, 2.05) is 6.07 Å². The van der Waals surface area contributed by atoms with Gasteiger partial charge in [0.2, 0.25) is 0 Å². The maximum Gasteiger partial charge on any atom is 0.127 e. The molecule has 2 rings (SSSR count). The predicted octanol–water partition coefficient (Wildman–Crippen LogP) is 5.63. The highest BCUT2D eigenvalue weighted by Gasteiger charge is 2.19. The molecule has 1 aromatic rings. The van der Waals surface area contributed by atoms with Crippen LogP contribution in [0.5, 0.6) is 0 Å². The van der Waals surface area contributed by atoms with Gasteiger partial charge in [0.05, 0.1) is 0 Å². The average Bonchev–Trinajstić information content (AvgIpc) is 2.38. The van der Waals surface area contributed by atoms with E-state index < -0.39 is 0 Å². The van der Waals surface area contributed by atoms with E-state index in [1.54, 1.807) is 6.07 Å². The van der Waals surface area contributed by atoms with Crippen molar-refractivity contribution in [2.24, 2.45) is 11.8 Å². The number of benzene rings is 1. The van der Waals surface area contributed by atoms with Gasteiger partial charge in [-0.05, 0) is 42.4 Å². The zero-order valence-corrected chi connectivity index (χ0v) is 11.8. The number of aryl methyl sites for hydroxylation is 1. The van der Waals surface area contributed by atoms with E-state index in [9.17, 15) is 4.39 Å². The lowest BCUT2D eigenvalue weighted by Gasteiger charge is -2.27. The van der Waals surface area contributed by atoms with Crippen LogP contribution in [0.25, 0.3) is 0 Å². The Morgan fingerprint density at radius 1 is 1.17 bits per heavy atom. The first kappa shape index (κ1) is 13.9. The van der Waals surface area contributed by atoms with Gasteiger partial charge in [-0.25, -0.2) is 4.39 Å². The molecule has 0 spiro atoms. The standard InChI is InChI=1S/C16H22ClF/c1-2-12-3-5-13(6-4-12)7-8-14-9-10-15(17)11-16(14)18/h9-13H,2-8H2,1H3. The van der Waals surface area contributed by atoms with Crippen molar-refractivity contribution in [3.05, 3.63) is 34.6 Å². The maximum atomic E-state index is 13.6. The number of rotatable bonds is 4. The molecule has 0 N–H and O–H groups in total. The third kappa shape index (κ3) is 3.71. The lowest BCUT2D eigenvalue weighted by Crippen LogP contribution is -2.14. The summed E-state index contributed by atoms with van der Waals surface area (Å²) in [4.78, 5) is 0. The van der Waals surface area contributed by atoms with Gasteiger partial charge in [-0.2, -0.15) is 0 Å². The van der Waals surface area contributed by atoms with Crippen LogP contribution < -0.4 is 0 Å². The molecule has 0 aliphatic heterocycles. The van der Waals surface area contributed by atoms with Gasteiger partial charge in [0.15, 0.2) is 0 Å². The van der Waals surface area contributed by atoms with Crippen LogP contribution in [0.4, 0.5) is 4.39 Å². The van der Waals surface area contributed by atoms with Crippen molar-refractivity contribution in [2.45, 2.75) is 51.9 Å². The van der Waals surface area contributed by atoms with E-state index in [4.69, 9.17) is 11.6 Å². The van der Waals surface area contributed by atoms with Crippen LogP contribution >= 0.6 is 11.6 Å². The van der Waals surface area contributed by atoms with Crippen LogP contribution in [0.15, 0.2) is 18.2 Å². The molecule has 1 saturated carbocycles. The topological polar surface area (TPSA) is 0 Å². The first-order valence-corrected chi connectivity index (χ1v) is 7.50. The Kier molecular flexibility index (Phi) is 5.05. The first-order chi connectivity index (χ1) is 8.69. The Morgan fingerprint density at radius 3 is 2.44 bits per heavy atom. The van der Waals surface area contributed by atoms with E-state index in [1.165, 1.54) is 38.2 Å². The van der Waals surface area contributed by atoms with E-state index in [0.717, 1.165) is 30.2 Å². The molecule has 2 heteroatoms. The molecule has 0 amide bonds. The van der Waals surface area contributed by atoms with Crippen LogP contribution in [0, 0.1) is 17.7 Å². The second-order valence-electron chi connectivity index (χ2n) is 5.57. The fourth-order valence-corrected chi connectivity index (χ4v) is 3.17. The SMILES string of the molecule is CCC1CCC(CCc2ccc(Cl)cc2F)CC1. The fraction of sp³-hybridized carbons (Fsp3) is 0.625. The van der Waals surface area contributed by atoms with Gasteiger partial charge in [-0.15, -0.1) is 0 Å². The van der Waals surface area contributed by atoms with Crippen molar-refractivity contribution in [3.8, 4) is 0 Å². The van der Waals surface area contributed by atoms with Gasteiger partial charge in [-0.3, -0.25) is 0 Å². The van der Waals surface area contributed by atoms with Crippen molar-refractivity contribution in [1.82, 2.24) is 0 Å². The molecule has 0 atom stereocenters. The minimum Gasteiger partial charge on any atom is -0.207 e. The molecule has 0 heterocycles. The lowest BCUT2D eigenvalue weighted by atomic mass is 9.78. The van der Waals surface area contributed by atoms with E-state index in [2.05, 4.69) is 6.92 Å². The van der Waals surface area contributed by atoms with Gasteiger partial charge in [0.1, 0.15) is 5.82 Å². The minimum atomic E-state index is -0.148. The van der Waals surface area contributed by atoms with E-state index in [-0.39, 0.29) is 5.82 Å². The summed E-state index contributed by atoms with van der Waals surface area (Å²) >= 11 is 5.76. The first-order valence-electron chi connectivity index (χ1n) is 7.13. The summed E-state index contributed by atoms with van der Waals surface area (Å²) in [5, 5.41) is 0.486. The summed E-state index contributed by atoms with van der Waals surface area (Å²) < 4.78 is 13.6. The highest BCUT2D eigenvalue weighted by atomic mass is 35.5. The zero-order valence-electron chi connectivity index (χ0n) is 11.1. The molecule has 0 saturated heterocycles. The quantitative estimate of drug-likeness (QED) is 0.664. The number of hydrogen-bond donors (Lipinski definition) is 0. The summed E-state index contributed by atoms with van der Waals surface area (Å²) in [5.41, 5.74) is 0.817. The molecular weight excluding hydrogens is 247 g/mol. The summed E-state index contributed by atoms with van der Waals surface area (Å²) in [7, 11) is 0. The number of halogens is 2. The Hall–Kier alpha value is -0.560. The molecular formula is C16H22ClF. The van der Waals surface area contributed by atoms with Crippen LogP contribution in [0.2, 0.25) is 5.02 Å². The smallest absolute Gasteiger partial charge is 0.127 e. The van der Waals surface area contributed by atoms with Crippen LogP contribution in [0.3, 0.4) is 0 Å². The summed E-state index contributed by atoms with van der Waals surface area (Å²) in [6, 6.07) is 5.04. The van der Waals surface area contributed by atoms with Crippen LogP contribution in [0.1, 0.15) is 51.0 Å². The Morgan fingerprint density at radius 2 is 1.83 bits per heavy atom. The Labute approximate surface area is 115 Å². The molecule has 1 aliphatic carbocycles. The van der Waals surface area contributed by atoms with Gasteiger partial charge in [0, 0.05) is 5.02 Å². The Balaban J connectivity index is 1.81. The molecule has 0 radical (unpaired) electrons. The van der Waals surface area contributed by atoms with Gasteiger partial charge in [0.25, 0.3) is 0 Å². The molecule has 100 valence electrons. The molecule has 0 aromatic heterocycles. The zero-order chi connectivity index (χ0) is 13.0.